The molecule has 3 heterocycles. The summed E-state index contributed by atoms with van der Waals surface area (Å²) in [5, 5.41) is 21.6. The molecule has 8 nitrogen and oxygen atoms in total. The maximum absolute atomic E-state index is 13.7. The van der Waals surface area contributed by atoms with Crippen LogP contribution in [0, 0.1) is 5.92 Å². The molecule has 1 N–H and O–H groups in total. The Kier molecular flexibility index (Phi) is 9.61. The number of anilines is 1. The van der Waals surface area contributed by atoms with E-state index in [1.807, 2.05) is 37.3 Å². The van der Waals surface area contributed by atoms with Gasteiger partial charge in [-0.05, 0) is 78.4 Å². The number of halogens is 2. The molecule has 2 unspecified atom stereocenters. The lowest BCUT2D eigenvalue weighted by atomic mass is 9.94. The van der Waals surface area contributed by atoms with Crippen LogP contribution in [0.4, 0.5) is 5.13 Å². The monoisotopic (exact) mass is 695 g/mol. The predicted molar refractivity (Wildman–Crippen MR) is 182 cm³/mol. The number of ether oxygens (including phenoxy) is 2. The number of carbonyl (C=O) groups excluding carboxylic acids is 2. The number of rotatable bonds is 10. The van der Waals surface area contributed by atoms with Gasteiger partial charge in [-0.3, -0.25) is 14.5 Å². The molecule has 0 bridgehead atoms. The average Bonchev–Trinajstić information content (AvgIpc) is 3.71. The number of Topliss-reactive ketones (excluding diaryl/α,β-unsaturated/α-hetero) is 1. The number of amides is 1. The van der Waals surface area contributed by atoms with Gasteiger partial charge < -0.3 is 14.6 Å². The Morgan fingerprint density at radius 3 is 2.74 bits per heavy atom. The topological polar surface area (TPSA) is 102 Å². The Morgan fingerprint density at radius 2 is 1.96 bits per heavy atom. The van der Waals surface area contributed by atoms with E-state index in [0.717, 1.165) is 23.3 Å². The second-order valence-corrected chi connectivity index (χ2v) is 14.6. The Bertz CT molecular complexity index is 1840. The summed E-state index contributed by atoms with van der Waals surface area (Å²) in [4.78, 5) is 28.8. The highest BCUT2D eigenvalue weighted by Gasteiger charge is 2.48. The molecule has 0 saturated carbocycles. The Balaban J connectivity index is 1.37. The molecular weight excluding hydrogens is 665 g/mol. The summed E-state index contributed by atoms with van der Waals surface area (Å²) in [5.41, 5.74) is 2.79. The smallest absolute Gasteiger partial charge is 0.301 e. The maximum Gasteiger partial charge on any atom is 0.301 e. The van der Waals surface area contributed by atoms with Gasteiger partial charge in [-0.15, -0.1) is 10.2 Å². The number of carbonyl (C=O) groups is 2. The van der Waals surface area contributed by atoms with Gasteiger partial charge in [0, 0.05) is 27.8 Å². The molecule has 2 atom stereocenters. The van der Waals surface area contributed by atoms with Gasteiger partial charge in [-0.2, -0.15) is 0 Å². The van der Waals surface area contributed by atoms with Gasteiger partial charge in [0.25, 0.3) is 5.78 Å². The van der Waals surface area contributed by atoms with Crippen molar-refractivity contribution in [3.63, 3.8) is 0 Å². The van der Waals surface area contributed by atoms with E-state index in [4.69, 9.17) is 32.7 Å². The van der Waals surface area contributed by atoms with Crippen LogP contribution in [0.3, 0.4) is 0 Å². The summed E-state index contributed by atoms with van der Waals surface area (Å²) >= 11 is 15.0. The highest BCUT2D eigenvalue weighted by Crippen LogP contribution is 2.45. The minimum atomic E-state index is -0.964. The number of aromatic nitrogens is 2. The van der Waals surface area contributed by atoms with Crippen molar-refractivity contribution in [3.05, 3.63) is 98.5 Å². The predicted octanol–water partition coefficient (Wildman–Crippen LogP) is 8.51. The number of nitrogens with zero attached hydrogens (tertiary/aromatic N) is 3. The normalized spacial score (nSPS) is 18.7. The van der Waals surface area contributed by atoms with Gasteiger partial charge in [0.2, 0.25) is 5.13 Å². The molecule has 0 spiro atoms. The van der Waals surface area contributed by atoms with Crippen LogP contribution in [0.15, 0.2) is 70.6 Å². The minimum absolute atomic E-state index is 0.0107. The first-order valence-corrected chi connectivity index (χ1v) is 17.4. The number of thioether (sulfide) groups is 1. The molecule has 46 heavy (non-hydrogen) atoms. The molecule has 0 aliphatic carbocycles. The third-order valence-corrected chi connectivity index (χ3v) is 10.4. The van der Waals surface area contributed by atoms with Gasteiger partial charge in [-0.1, -0.05) is 78.3 Å². The zero-order valence-electron chi connectivity index (χ0n) is 25.3. The lowest BCUT2D eigenvalue weighted by molar-refractivity contribution is -0.132. The number of hydrogen-bond acceptors (Lipinski definition) is 9. The summed E-state index contributed by atoms with van der Waals surface area (Å²) in [6, 6.07) is 16.9. The molecule has 2 aliphatic heterocycles. The summed E-state index contributed by atoms with van der Waals surface area (Å²) in [6.07, 6.45) is 1.56. The van der Waals surface area contributed by atoms with Gasteiger partial charge in [0.15, 0.2) is 4.34 Å². The summed E-state index contributed by atoms with van der Waals surface area (Å²) in [5.74, 6) is 0.433. The van der Waals surface area contributed by atoms with Gasteiger partial charge in [0.05, 0.1) is 18.2 Å². The second kappa shape index (κ2) is 13.7. The van der Waals surface area contributed by atoms with Gasteiger partial charge in [-0.25, -0.2) is 0 Å². The number of fused-ring (bicyclic) bond motifs is 1. The van der Waals surface area contributed by atoms with E-state index in [1.54, 1.807) is 30.3 Å². The van der Waals surface area contributed by atoms with Crippen molar-refractivity contribution >= 4 is 68.9 Å². The lowest BCUT2D eigenvalue weighted by Gasteiger charge is -2.23. The van der Waals surface area contributed by atoms with Crippen molar-refractivity contribution in [2.24, 2.45) is 5.92 Å². The van der Waals surface area contributed by atoms with Gasteiger partial charge >= 0.3 is 5.91 Å². The van der Waals surface area contributed by atoms with Crippen LogP contribution in [-0.2, 0) is 21.8 Å². The van der Waals surface area contributed by atoms with Crippen LogP contribution in [0.2, 0.25) is 10.0 Å². The van der Waals surface area contributed by atoms with Crippen molar-refractivity contribution in [2.45, 2.75) is 55.9 Å². The molecule has 3 aromatic carbocycles. The fraction of sp³-hybridized carbons (Fsp3) is 0.294. The lowest BCUT2D eigenvalue weighted by Crippen LogP contribution is -2.29. The van der Waals surface area contributed by atoms with Crippen molar-refractivity contribution in [1.82, 2.24) is 10.2 Å². The molecule has 1 fully saturated rings. The average molecular weight is 697 g/mol. The molecule has 4 aromatic rings. The molecule has 12 heteroatoms. The highest BCUT2D eigenvalue weighted by atomic mass is 35.5. The summed E-state index contributed by atoms with van der Waals surface area (Å²) in [7, 11) is 0. The van der Waals surface area contributed by atoms with Crippen LogP contribution in [0.5, 0.6) is 11.5 Å². The van der Waals surface area contributed by atoms with E-state index in [1.165, 1.54) is 28.0 Å². The summed E-state index contributed by atoms with van der Waals surface area (Å²) < 4.78 is 12.4. The molecule has 1 amide bonds. The number of ketones is 1. The maximum atomic E-state index is 13.7. The molecular formula is C34H31Cl2N3O5S2. The minimum Gasteiger partial charge on any atom is -0.507 e. The van der Waals surface area contributed by atoms with E-state index in [-0.39, 0.29) is 22.6 Å². The number of benzene rings is 3. The van der Waals surface area contributed by atoms with Crippen molar-refractivity contribution in [2.75, 3.05) is 11.5 Å². The Hall–Kier alpha value is -3.57. The van der Waals surface area contributed by atoms with Crippen LogP contribution in [0.25, 0.3) is 5.76 Å². The fourth-order valence-corrected chi connectivity index (χ4v) is 7.82. The molecule has 2 aliphatic rings. The fourth-order valence-electron chi connectivity index (χ4n) is 5.39. The number of aliphatic hydroxyl groups excluding tert-OH is 1. The van der Waals surface area contributed by atoms with E-state index >= 15 is 0 Å². The van der Waals surface area contributed by atoms with E-state index in [2.05, 4.69) is 24.0 Å². The zero-order valence-corrected chi connectivity index (χ0v) is 28.5. The first kappa shape index (κ1) is 32.4. The van der Waals surface area contributed by atoms with Crippen molar-refractivity contribution < 1.29 is 24.2 Å². The van der Waals surface area contributed by atoms with Crippen LogP contribution < -0.4 is 14.4 Å². The van der Waals surface area contributed by atoms with Crippen LogP contribution >= 0.6 is 46.3 Å². The highest BCUT2D eigenvalue weighted by molar-refractivity contribution is 8.00. The molecule has 1 saturated heterocycles. The molecule has 0 radical (unpaired) electrons. The zero-order chi connectivity index (χ0) is 32.5. The molecule has 6 rings (SSSR count). The summed E-state index contributed by atoms with van der Waals surface area (Å²) in [6.45, 7) is 6.74. The third-order valence-electron chi connectivity index (χ3n) is 7.72. The first-order valence-electron chi connectivity index (χ1n) is 14.8. The van der Waals surface area contributed by atoms with E-state index in [9.17, 15) is 14.7 Å². The standard InChI is InChI=1S/C34H31Cl2N3O5S2/c1-18(2)11-12-43-25-6-4-5-20(15-25)29-28(30(40)21-8-10-27-23(14-21)13-19(3)44-27)31(41)32(42)39(29)33-37-38-34(46-33)45-17-22-7-9-24(35)16-26(22)36/h4-10,14-16,18-19,29,40H,11-13,17H2,1-3H3/b30-28+. The Morgan fingerprint density at radius 1 is 1.13 bits per heavy atom. The van der Waals surface area contributed by atoms with E-state index < -0.39 is 17.7 Å². The number of aliphatic hydroxyl groups is 1. The first-order chi connectivity index (χ1) is 22.1. The third kappa shape index (κ3) is 6.76. The molecule has 238 valence electrons. The SMILES string of the molecule is CC(C)CCOc1cccc(C2/C(=C(\O)c3ccc4c(c3)CC(C)O4)C(=O)C(=O)N2c2nnc(SCc3ccc(Cl)cc3Cl)s2)c1. The largest absolute Gasteiger partial charge is 0.507 e. The Labute approximate surface area is 285 Å². The van der Waals surface area contributed by atoms with Crippen LogP contribution in [-0.4, -0.2) is 39.7 Å². The van der Waals surface area contributed by atoms with Crippen molar-refractivity contribution in [1.29, 1.82) is 0 Å². The number of hydrogen-bond donors (Lipinski definition) is 1. The second-order valence-electron chi connectivity index (χ2n) is 11.6. The molecule has 1 aromatic heterocycles. The van der Waals surface area contributed by atoms with Crippen LogP contribution in [0.1, 0.15) is 55.5 Å². The quantitative estimate of drug-likeness (QED) is 0.0579. The van der Waals surface area contributed by atoms with E-state index in [0.29, 0.717) is 56.0 Å². The van der Waals surface area contributed by atoms with Crippen molar-refractivity contribution in [3.8, 4) is 11.5 Å². The van der Waals surface area contributed by atoms with Gasteiger partial charge in [0.1, 0.15) is 23.4 Å².